The van der Waals surface area contributed by atoms with Crippen LogP contribution in [0.2, 0.25) is 12.1 Å². The van der Waals surface area contributed by atoms with E-state index < -0.39 is 8.56 Å². The van der Waals surface area contributed by atoms with Crippen LogP contribution in [0.4, 0.5) is 0 Å². The summed E-state index contributed by atoms with van der Waals surface area (Å²) < 4.78 is 12.5. The van der Waals surface area contributed by atoms with Crippen LogP contribution in [0.3, 0.4) is 0 Å². The molecule has 2 aromatic carbocycles. The molecule has 0 fully saturated rings. The van der Waals surface area contributed by atoms with Gasteiger partial charge in [-0.15, -0.1) is 0 Å². The number of hydrogen-bond acceptors (Lipinski definition) is 2. The van der Waals surface area contributed by atoms with E-state index in [-0.39, 0.29) is 0 Å². The van der Waals surface area contributed by atoms with E-state index in [4.69, 9.17) is 8.85 Å². The van der Waals surface area contributed by atoms with Gasteiger partial charge in [0.25, 0.3) is 0 Å². The van der Waals surface area contributed by atoms with E-state index in [9.17, 15) is 0 Å². The number of rotatable bonds is 8. The van der Waals surface area contributed by atoms with Gasteiger partial charge in [0.15, 0.2) is 0 Å². The van der Waals surface area contributed by atoms with Crippen molar-refractivity contribution in [2.75, 3.05) is 0 Å². The van der Waals surface area contributed by atoms with E-state index >= 15 is 0 Å². The molecule has 0 bridgehead atoms. The molecule has 2 aromatic rings. The lowest BCUT2D eigenvalue weighted by Gasteiger charge is -2.29. The van der Waals surface area contributed by atoms with E-state index in [1.165, 1.54) is 11.1 Å². The maximum atomic E-state index is 6.25. The van der Waals surface area contributed by atoms with Gasteiger partial charge in [0.05, 0.1) is 13.2 Å². The van der Waals surface area contributed by atoms with E-state index in [1.54, 1.807) is 0 Å². The average Bonchev–Trinajstić information content (AvgIpc) is 2.58. The van der Waals surface area contributed by atoms with Crippen LogP contribution in [0.5, 0.6) is 0 Å². The van der Waals surface area contributed by atoms with Crippen LogP contribution in [0.15, 0.2) is 60.7 Å². The molecule has 21 heavy (non-hydrogen) atoms. The Morgan fingerprint density at radius 2 is 1.05 bits per heavy atom. The minimum absolute atomic E-state index is 0.642. The van der Waals surface area contributed by atoms with Crippen molar-refractivity contribution < 1.29 is 8.85 Å². The Hall–Kier alpha value is -1.42. The lowest BCUT2D eigenvalue weighted by molar-refractivity contribution is 0.154. The van der Waals surface area contributed by atoms with Gasteiger partial charge >= 0.3 is 8.56 Å². The highest BCUT2D eigenvalue weighted by atomic mass is 28.4. The Bertz CT molecular complexity index is 464. The molecular weight excluding hydrogens is 276 g/mol. The van der Waals surface area contributed by atoms with Crippen molar-refractivity contribution in [2.24, 2.45) is 0 Å². The summed E-state index contributed by atoms with van der Waals surface area (Å²) in [6.45, 7) is 5.63. The fraction of sp³-hybridized carbons (Fsp3) is 0.333. The van der Waals surface area contributed by atoms with Gasteiger partial charge in [0, 0.05) is 0 Å². The van der Waals surface area contributed by atoms with Crippen LogP contribution in [-0.4, -0.2) is 8.56 Å². The van der Waals surface area contributed by atoms with Gasteiger partial charge in [-0.1, -0.05) is 74.5 Å². The van der Waals surface area contributed by atoms with E-state index in [0.29, 0.717) is 13.2 Å². The smallest absolute Gasteiger partial charge is 0.338 e. The minimum Gasteiger partial charge on any atom is -0.390 e. The highest BCUT2D eigenvalue weighted by Crippen LogP contribution is 2.22. The molecule has 2 rings (SSSR count). The largest absolute Gasteiger partial charge is 0.390 e. The fourth-order valence-electron chi connectivity index (χ4n) is 2.28. The first kappa shape index (κ1) is 16.0. The molecule has 0 saturated heterocycles. The van der Waals surface area contributed by atoms with Crippen LogP contribution >= 0.6 is 0 Å². The third-order valence-corrected chi connectivity index (χ3v) is 7.26. The number of benzene rings is 2. The summed E-state index contributed by atoms with van der Waals surface area (Å²) in [7, 11) is -2.11. The quantitative estimate of drug-likeness (QED) is 0.645. The van der Waals surface area contributed by atoms with Gasteiger partial charge in [-0.25, -0.2) is 0 Å². The second-order valence-corrected chi connectivity index (χ2v) is 8.98. The summed E-state index contributed by atoms with van der Waals surface area (Å²) >= 11 is 0. The van der Waals surface area contributed by atoms with Gasteiger partial charge in [-0.05, 0) is 23.2 Å². The third kappa shape index (κ3) is 4.81. The maximum Gasteiger partial charge on any atom is 0.338 e. The normalized spacial score (nSPS) is 11.5. The molecule has 0 aliphatic carbocycles. The van der Waals surface area contributed by atoms with Crippen LogP contribution in [0.25, 0.3) is 0 Å². The molecule has 2 nitrogen and oxygen atoms in total. The summed E-state index contributed by atoms with van der Waals surface area (Å²) in [5.74, 6) is 0. The molecule has 0 amide bonds. The molecule has 0 aliphatic heterocycles. The Balaban J connectivity index is 1.95. The lowest BCUT2D eigenvalue weighted by atomic mass is 10.2. The first-order valence-corrected chi connectivity index (χ1v) is 9.87. The lowest BCUT2D eigenvalue weighted by Crippen LogP contribution is -2.40. The highest BCUT2D eigenvalue weighted by molar-refractivity contribution is 6.67. The topological polar surface area (TPSA) is 18.5 Å². The monoisotopic (exact) mass is 300 g/mol. The fourth-order valence-corrected chi connectivity index (χ4v) is 4.54. The van der Waals surface area contributed by atoms with E-state index in [2.05, 4.69) is 38.1 Å². The summed E-state index contributed by atoms with van der Waals surface area (Å²) in [6.07, 6.45) is 0. The number of hydrogen-bond donors (Lipinski definition) is 0. The molecule has 112 valence electrons. The van der Waals surface area contributed by atoms with Crippen molar-refractivity contribution in [1.82, 2.24) is 0 Å². The van der Waals surface area contributed by atoms with E-state index in [0.717, 1.165) is 12.1 Å². The van der Waals surface area contributed by atoms with Crippen LogP contribution in [-0.2, 0) is 22.1 Å². The molecule has 0 spiro atoms. The second kappa shape index (κ2) is 8.13. The van der Waals surface area contributed by atoms with Crippen molar-refractivity contribution in [3.63, 3.8) is 0 Å². The van der Waals surface area contributed by atoms with Crippen molar-refractivity contribution >= 4 is 8.56 Å². The predicted octanol–water partition coefficient (Wildman–Crippen LogP) is 4.90. The van der Waals surface area contributed by atoms with Crippen molar-refractivity contribution in [2.45, 2.75) is 39.1 Å². The van der Waals surface area contributed by atoms with Gasteiger partial charge in [0.1, 0.15) is 0 Å². The van der Waals surface area contributed by atoms with Gasteiger partial charge in [0.2, 0.25) is 0 Å². The van der Waals surface area contributed by atoms with Crippen LogP contribution in [0.1, 0.15) is 25.0 Å². The Morgan fingerprint density at radius 3 is 1.38 bits per heavy atom. The van der Waals surface area contributed by atoms with Gasteiger partial charge in [-0.3, -0.25) is 0 Å². The van der Waals surface area contributed by atoms with Crippen LogP contribution in [0, 0.1) is 0 Å². The summed E-state index contributed by atoms with van der Waals surface area (Å²) in [6, 6.07) is 22.6. The van der Waals surface area contributed by atoms with E-state index in [1.807, 2.05) is 36.4 Å². The molecule has 0 atom stereocenters. The summed E-state index contributed by atoms with van der Waals surface area (Å²) in [5, 5.41) is 0. The Morgan fingerprint density at radius 1 is 0.667 bits per heavy atom. The van der Waals surface area contributed by atoms with Crippen LogP contribution < -0.4 is 0 Å². The minimum atomic E-state index is -2.11. The summed E-state index contributed by atoms with van der Waals surface area (Å²) in [5.41, 5.74) is 2.42. The Kier molecular flexibility index (Phi) is 6.17. The second-order valence-electron chi connectivity index (χ2n) is 5.17. The molecule has 0 radical (unpaired) electrons. The van der Waals surface area contributed by atoms with Gasteiger partial charge in [-0.2, -0.15) is 0 Å². The summed E-state index contributed by atoms with van der Waals surface area (Å²) in [4.78, 5) is 0. The SMILES string of the molecule is CC[Si](CC)(OCc1ccccc1)OCc1ccccc1. The standard InChI is InChI=1S/C18H24O2Si/c1-3-21(4-2,19-15-17-11-7-5-8-12-17)20-16-18-13-9-6-10-14-18/h5-14H,3-4,15-16H2,1-2H3. The molecule has 0 N–H and O–H groups in total. The zero-order chi connectivity index (χ0) is 15.0. The molecule has 0 saturated carbocycles. The molecule has 3 heteroatoms. The first-order chi connectivity index (χ1) is 10.3. The first-order valence-electron chi connectivity index (χ1n) is 7.64. The zero-order valence-corrected chi connectivity index (χ0v) is 13.9. The maximum absolute atomic E-state index is 6.25. The molecular formula is C18H24O2Si. The predicted molar refractivity (Wildman–Crippen MR) is 89.2 cm³/mol. The molecule has 0 heterocycles. The van der Waals surface area contributed by atoms with Crippen molar-refractivity contribution in [3.8, 4) is 0 Å². The molecule has 0 unspecified atom stereocenters. The molecule has 0 aromatic heterocycles. The van der Waals surface area contributed by atoms with Crippen molar-refractivity contribution in [1.29, 1.82) is 0 Å². The van der Waals surface area contributed by atoms with Gasteiger partial charge < -0.3 is 8.85 Å². The average molecular weight is 300 g/mol. The highest BCUT2D eigenvalue weighted by Gasteiger charge is 2.33. The molecule has 0 aliphatic rings. The Labute approximate surface area is 129 Å². The third-order valence-electron chi connectivity index (χ3n) is 3.77. The van der Waals surface area contributed by atoms with Crippen molar-refractivity contribution in [3.05, 3.63) is 71.8 Å². The zero-order valence-electron chi connectivity index (χ0n) is 12.9.